The van der Waals surface area contributed by atoms with Crippen LogP contribution in [0.4, 0.5) is 0 Å². The van der Waals surface area contributed by atoms with Crippen molar-refractivity contribution in [2.45, 2.75) is 26.2 Å². The van der Waals surface area contributed by atoms with Gasteiger partial charge in [0.2, 0.25) is 0 Å². The first kappa shape index (κ1) is 9.47. The number of hydrogen-bond acceptors (Lipinski definition) is 2. The van der Waals surface area contributed by atoms with Gasteiger partial charge in [0, 0.05) is 13.2 Å². The summed E-state index contributed by atoms with van der Waals surface area (Å²) >= 11 is 0. The number of hydrogen-bond donors (Lipinski definition) is 1. The highest BCUT2D eigenvalue weighted by Gasteiger charge is 2.27. The monoisotopic (exact) mass is 183 g/mol. The Balaban J connectivity index is 1.83. The predicted molar refractivity (Wildman–Crippen MR) is 53.7 cm³/mol. The van der Waals surface area contributed by atoms with Crippen LogP contribution in [0.3, 0.4) is 0 Å². The van der Waals surface area contributed by atoms with Crippen LogP contribution in [0, 0.1) is 17.8 Å². The fourth-order valence-corrected chi connectivity index (χ4v) is 2.70. The van der Waals surface area contributed by atoms with Gasteiger partial charge in [-0.1, -0.05) is 6.92 Å². The Morgan fingerprint density at radius 2 is 2.15 bits per heavy atom. The van der Waals surface area contributed by atoms with Crippen molar-refractivity contribution >= 4 is 0 Å². The molecule has 0 saturated carbocycles. The van der Waals surface area contributed by atoms with Crippen LogP contribution in [0.2, 0.25) is 0 Å². The molecule has 3 unspecified atom stereocenters. The van der Waals surface area contributed by atoms with E-state index in [2.05, 4.69) is 12.2 Å². The Bertz CT molecular complexity index is 154. The lowest BCUT2D eigenvalue weighted by molar-refractivity contribution is 0.0211. The summed E-state index contributed by atoms with van der Waals surface area (Å²) in [6.07, 6.45) is 4.07. The van der Waals surface area contributed by atoms with E-state index in [1.165, 1.54) is 32.4 Å². The van der Waals surface area contributed by atoms with Crippen LogP contribution in [0.5, 0.6) is 0 Å². The highest BCUT2D eigenvalue weighted by molar-refractivity contribution is 4.80. The van der Waals surface area contributed by atoms with Crippen LogP contribution < -0.4 is 5.32 Å². The summed E-state index contributed by atoms with van der Waals surface area (Å²) in [4.78, 5) is 0. The molecule has 0 aromatic heterocycles. The molecule has 1 N–H and O–H groups in total. The molecule has 13 heavy (non-hydrogen) atoms. The quantitative estimate of drug-likeness (QED) is 0.667. The fourth-order valence-electron chi connectivity index (χ4n) is 2.70. The Morgan fingerprint density at radius 3 is 2.85 bits per heavy atom. The van der Waals surface area contributed by atoms with Gasteiger partial charge in [-0.05, 0) is 50.1 Å². The molecule has 2 rings (SSSR count). The van der Waals surface area contributed by atoms with E-state index >= 15 is 0 Å². The molecular formula is C11H21NO. The van der Waals surface area contributed by atoms with Gasteiger partial charge >= 0.3 is 0 Å². The van der Waals surface area contributed by atoms with E-state index in [1.54, 1.807) is 0 Å². The van der Waals surface area contributed by atoms with Crippen molar-refractivity contribution in [1.29, 1.82) is 0 Å². The van der Waals surface area contributed by atoms with Crippen LogP contribution in [0.1, 0.15) is 26.2 Å². The molecule has 2 heteroatoms. The number of piperidine rings is 1. The molecular weight excluding hydrogens is 162 g/mol. The maximum Gasteiger partial charge on any atom is 0.0497 e. The summed E-state index contributed by atoms with van der Waals surface area (Å²) in [5, 5.41) is 3.53. The maximum atomic E-state index is 5.54. The fraction of sp³-hybridized carbons (Fsp3) is 1.00. The Morgan fingerprint density at radius 1 is 1.23 bits per heavy atom. The molecule has 2 saturated heterocycles. The van der Waals surface area contributed by atoms with Crippen molar-refractivity contribution in [3.63, 3.8) is 0 Å². The van der Waals surface area contributed by atoms with Gasteiger partial charge in [-0.15, -0.1) is 0 Å². The number of ether oxygens (including phenoxy) is 1. The van der Waals surface area contributed by atoms with Crippen LogP contribution in [-0.2, 0) is 4.74 Å². The first-order valence-corrected chi connectivity index (χ1v) is 5.64. The van der Waals surface area contributed by atoms with Crippen molar-refractivity contribution in [2.24, 2.45) is 17.8 Å². The average Bonchev–Trinajstić information content (AvgIpc) is 2.19. The van der Waals surface area contributed by atoms with E-state index in [0.717, 1.165) is 31.0 Å². The van der Waals surface area contributed by atoms with Crippen molar-refractivity contribution in [1.82, 2.24) is 5.32 Å². The topological polar surface area (TPSA) is 21.3 Å². The number of rotatable bonds is 1. The van der Waals surface area contributed by atoms with E-state index in [9.17, 15) is 0 Å². The third-order valence-corrected chi connectivity index (χ3v) is 3.47. The second-order valence-corrected chi connectivity index (χ2v) is 4.74. The van der Waals surface area contributed by atoms with Gasteiger partial charge < -0.3 is 10.1 Å². The summed E-state index contributed by atoms with van der Waals surface area (Å²) in [5.74, 6) is 2.58. The zero-order valence-electron chi connectivity index (χ0n) is 8.59. The zero-order chi connectivity index (χ0) is 9.10. The third-order valence-electron chi connectivity index (χ3n) is 3.47. The largest absolute Gasteiger partial charge is 0.381 e. The summed E-state index contributed by atoms with van der Waals surface area (Å²) in [6.45, 7) is 6.79. The van der Waals surface area contributed by atoms with Crippen LogP contribution >= 0.6 is 0 Å². The van der Waals surface area contributed by atoms with Gasteiger partial charge in [-0.25, -0.2) is 0 Å². The van der Waals surface area contributed by atoms with E-state index in [-0.39, 0.29) is 0 Å². The minimum atomic E-state index is 0.837. The summed E-state index contributed by atoms with van der Waals surface area (Å²) < 4.78 is 5.54. The summed E-state index contributed by atoms with van der Waals surface area (Å²) in [5.41, 5.74) is 0. The second-order valence-electron chi connectivity index (χ2n) is 4.74. The zero-order valence-corrected chi connectivity index (χ0v) is 8.59. The predicted octanol–water partition coefficient (Wildman–Crippen LogP) is 1.66. The van der Waals surface area contributed by atoms with Crippen LogP contribution in [0.25, 0.3) is 0 Å². The second kappa shape index (κ2) is 4.43. The number of nitrogens with one attached hydrogen (secondary N) is 1. The SMILES string of the molecule is CC1CNCC(C2CCCOC2)C1. The van der Waals surface area contributed by atoms with Gasteiger partial charge in [-0.2, -0.15) is 0 Å². The van der Waals surface area contributed by atoms with Gasteiger partial charge in [0.1, 0.15) is 0 Å². The molecule has 0 bridgehead atoms. The molecule has 2 aliphatic rings. The molecule has 2 heterocycles. The molecule has 3 atom stereocenters. The third kappa shape index (κ3) is 2.44. The minimum absolute atomic E-state index is 0.837. The van der Waals surface area contributed by atoms with Crippen LogP contribution in [-0.4, -0.2) is 26.3 Å². The van der Waals surface area contributed by atoms with E-state index in [1.807, 2.05) is 0 Å². The normalized spacial score (nSPS) is 41.8. The van der Waals surface area contributed by atoms with Gasteiger partial charge in [0.15, 0.2) is 0 Å². The highest BCUT2D eigenvalue weighted by Crippen LogP contribution is 2.28. The smallest absolute Gasteiger partial charge is 0.0497 e. The molecule has 76 valence electrons. The van der Waals surface area contributed by atoms with E-state index in [0.29, 0.717) is 0 Å². The lowest BCUT2D eigenvalue weighted by Crippen LogP contribution is -2.40. The van der Waals surface area contributed by atoms with Crippen molar-refractivity contribution in [3.8, 4) is 0 Å². The lowest BCUT2D eigenvalue weighted by Gasteiger charge is -2.35. The highest BCUT2D eigenvalue weighted by atomic mass is 16.5. The Hall–Kier alpha value is -0.0800. The van der Waals surface area contributed by atoms with E-state index in [4.69, 9.17) is 4.74 Å². The van der Waals surface area contributed by atoms with Gasteiger partial charge in [0.05, 0.1) is 0 Å². The maximum absolute atomic E-state index is 5.54. The molecule has 2 fully saturated rings. The first-order valence-electron chi connectivity index (χ1n) is 5.64. The molecule has 0 aromatic rings. The molecule has 0 radical (unpaired) electrons. The molecule has 0 aromatic carbocycles. The van der Waals surface area contributed by atoms with Crippen molar-refractivity contribution < 1.29 is 4.74 Å². The minimum Gasteiger partial charge on any atom is -0.381 e. The lowest BCUT2D eigenvalue weighted by atomic mass is 9.80. The Labute approximate surface area is 81.0 Å². The van der Waals surface area contributed by atoms with Crippen molar-refractivity contribution in [3.05, 3.63) is 0 Å². The average molecular weight is 183 g/mol. The van der Waals surface area contributed by atoms with Crippen LogP contribution in [0.15, 0.2) is 0 Å². The first-order chi connectivity index (χ1) is 6.36. The molecule has 0 aliphatic carbocycles. The molecule has 0 spiro atoms. The Kier molecular flexibility index (Phi) is 3.23. The summed E-state index contributed by atoms with van der Waals surface area (Å²) in [6, 6.07) is 0. The van der Waals surface area contributed by atoms with E-state index < -0.39 is 0 Å². The summed E-state index contributed by atoms with van der Waals surface area (Å²) in [7, 11) is 0. The molecule has 2 nitrogen and oxygen atoms in total. The standard InChI is InChI=1S/C11H21NO/c1-9-5-11(7-12-6-9)10-3-2-4-13-8-10/h9-12H,2-8H2,1H3. The molecule has 0 amide bonds. The van der Waals surface area contributed by atoms with Gasteiger partial charge in [-0.3, -0.25) is 0 Å². The van der Waals surface area contributed by atoms with Gasteiger partial charge in [0.25, 0.3) is 0 Å². The molecule has 2 aliphatic heterocycles. The van der Waals surface area contributed by atoms with Crippen molar-refractivity contribution in [2.75, 3.05) is 26.3 Å².